The number of nitrogens with one attached hydrogen (secondary N) is 1. The fourth-order valence-electron chi connectivity index (χ4n) is 2.36. The number of hydrogen-bond donors (Lipinski definition) is 1. The summed E-state index contributed by atoms with van der Waals surface area (Å²) >= 11 is 0. The van der Waals surface area contributed by atoms with Crippen LogP contribution >= 0.6 is 0 Å². The molecule has 0 aliphatic heterocycles. The summed E-state index contributed by atoms with van der Waals surface area (Å²) in [5, 5.41) is 3.64. The fourth-order valence-corrected chi connectivity index (χ4v) is 2.36. The van der Waals surface area contributed by atoms with E-state index in [4.69, 9.17) is 0 Å². The second-order valence-corrected chi connectivity index (χ2v) is 5.01. The quantitative estimate of drug-likeness (QED) is 0.665. The highest BCUT2D eigenvalue weighted by Crippen LogP contribution is 2.27. The van der Waals surface area contributed by atoms with Crippen molar-refractivity contribution in [2.24, 2.45) is 0 Å². The van der Waals surface area contributed by atoms with Gasteiger partial charge in [-0.05, 0) is 39.7 Å². The summed E-state index contributed by atoms with van der Waals surface area (Å²) in [6.07, 6.45) is 5.41. The lowest BCUT2D eigenvalue weighted by Crippen LogP contribution is -2.43. The zero-order valence-corrected chi connectivity index (χ0v) is 10.9. The van der Waals surface area contributed by atoms with Gasteiger partial charge in [-0.1, -0.05) is 20.3 Å². The third-order valence-electron chi connectivity index (χ3n) is 3.43. The van der Waals surface area contributed by atoms with Gasteiger partial charge in [0.05, 0.1) is 0 Å². The van der Waals surface area contributed by atoms with Crippen LogP contribution in [0.4, 0.5) is 0 Å². The molecule has 2 atom stereocenters. The molecule has 0 amide bonds. The largest absolute Gasteiger partial charge is 0.313 e. The van der Waals surface area contributed by atoms with Gasteiger partial charge in [0.1, 0.15) is 0 Å². The average Bonchev–Trinajstić information content (AvgIpc) is 3.00. The molecule has 1 rings (SSSR count). The lowest BCUT2D eigenvalue weighted by Gasteiger charge is -2.29. The molecular formula is C13H28N2. The monoisotopic (exact) mass is 212 g/mol. The average molecular weight is 212 g/mol. The first-order valence-electron chi connectivity index (χ1n) is 6.68. The Hall–Kier alpha value is -0.0800. The Morgan fingerprint density at radius 3 is 2.40 bits per heavy atom. The SMILES string of the molecule is CCCC(C)NCC(C)N(CC)C1CC1. The molecule has 0 radical (unpaired) electrons. The Balaban J connectivity index is 2.18. The standard InChI is InChI=1S/C13H28N2/c1-5-7-11(3)14-10-12(4)15(6-2)13-8-9-13/h11-14H,5-10H2,1-4H3. The fraction of sp³-hybridized carbons (Fsp3) is 1.00. The minimum absolute atomic E-state index is 0.676. The van der Waals surface area contributed by atoms with E-state index in [0.29, 0.717) is 12.1 Å². The second kappa shape index (κ2) is 6.49. The molecule has 1 N–H and O–H groups in total. The van der Waals surface area contributed by atoms with Crippen LogP contribution in [0.1, 0.15) is 53.4 Å². The minimum Gasteiger partial charge on any atom is -0.313 e. The Bertz CT molecular complexity index is 166. The molecule has 1 saturated carbocycles. The predicted molar refractivity (Wildman–Crippen MR) is 67.2 cm³/mol. The summed E-state index contributed by atoms with van der Waals surface area (Å²) in [7, 11) is 0. The lowest BCUT2D eigenvalue weighted by molar-refractivity contribution is 0.200. The van der Waals surface area contributed by atoms with Gasteiger partial charge in [-0.25, -0.2) is 0 Å². The summed E-state index contributed by atoms with van der Waals surface area (Å²) in [5.74, 6) is 0. The van der Waals surface area contributed by atoms with Gasteiger partial charge in [-0.2, -0.15) is 0 Å². The molecule has 2 nitrogen and oxygen atoms in total. The summed E-state index contributed by atoms with van der Waals surface area (Å²) in [5.41, 5.74) is 0. The maximum atomic E-state index is 3.64. The Morgan fingerprint density at radius 1 is 1.27 bits per heavy atom. The van der Waals surface area contributed by atoms with Gasteiger partial charge >= 0.3 is 0 Å². The van der Waals surface area contributed by atoms with Crippen molar-refractivity contribution in [3.63, 3.8) is 0 Å². The van der Waals surface area contributed by atoms with Crippen molar-refractivity contribution in [3.8, 4) is 0 Å². The van der Waals surface area contributed by atoms with Gasteiger partial charge in [0, 0.05) is 24.7 Å². The van der Waals surface area contributed by atoms with Crippen LogP contribution in [0, 0.1) is 0 Å². The molecule has 0 saturated heterocycles. The normalized spacial score (nSPS) is 20.6. The van der Waals surface area contributed by atoms with Crippen LogP contribution < -0.4 is 5.32 Å². The van der Waals surface area contributed by atoms with Crippen LogP contribution in [0.2, 0.25) is 0 Å². The smallest absolute Gasteiger partial charge is 0.0195 e. The molecular weight excluding hydrogens is 184 g/mol. The van der Waals surface area contributed by atoms with Crippen molar-refractivity contribution in [2.45, 2.75) is 71.5 Å². The lowest BCUT2D eigenvalue weighted by atomic mass is 10.2. The van der Waals surface area contributed by atoms with Crippen molar-refractivity contribution in [2.75, 3.05) is 13.1 Å². The third kappa shape index (κ3) is 4.52. The molecule has 0 heterocycles. The molecule has 15 heavy (non-hydrogen) atoms. The maximum absolute atomic E-state index is 3.64. The Morgan fingerprint density at radius 2 is 1.93 bits per heavy atom. The first kappa shape index (κ1) is 13.0. The molecule has 0 bridgehead atoms. The van der Waals surface area contributed by atoms with Crippen molar-refractivity contribution in [1.82, 2.24) is 10.2 Å². The minimum atomic E-state index is 0.676. The van der Waals surface area contributed by atoms with E-state index in [1.165, 1.54) is 32.2 Å². The molecule has 2 unspecified atom stereocenters. The van der Waals surface area contributed by atoms with E-state index in [-0.39, 0.29) is 0 Å². The van der Waals surface area contributed by atoms with Crippen LogP contribution in [0.5, 0.6) is 0 Å². The van der Waals surface area contributed by atoms with Gasteiger partial charge in [-0.15, -0.1) is 0 Å². The van der Waals surface area contributed by atoms with Gasteiger partial charge in [0.2, 0.25) is 0 Å². The number of likely N-dealkylation sites (N-methyl/N-ethyl adjacent to an activating group) is 1. The summed E-state index contributed by atoms with van der Waals surface area (Å²) in [4.78, 5) is 2.64. The number of nitrogens with zero attached hydrogens (tertiary/aromatic N) is 1. The van der Waals surface area contributed by atoms with Gasteiger partial charge in [-0.3, -0.25) is 4.90 Å². The van der Waals surface area contributed by atoms with E-state index in [0.717, 1.165) is 12.6 Å². The van der Waals surface area contributed by atoms with Crippen LogP contribution in [0.25, 0.3) is 0 Å². The highest BCUT2D eigenvalue weighted by Gasteiger charge is 2.30. The summed E-state index contributed by atoms with van der Waals surface area (Å²) in [6, 6.07) is 2.27. The van der Waals surface area contributed by atoms with E-state index in [9.17, 15) is 0 Å². The molecule has 1 aliphatic rings. The first-order valence-corrected chi connectivity index (χ1v) is 6.68. The highest BCUT2D eigenvalue weighted by atomic mass is 15.2. The van der Waals surface area contributed by atoms with Gasteiger partial charge < -0.3 is 5.32 Å². The molecule has 1 fully saturated rings. The van der Waals surface area contributed by atoms with Crippen molar-refractivity contribution >= 4 is 0 Å². The molecule has 1 aliphatic carbocycles. The number of hydrogen-bond acceptors (Lipinski definition) is 2. The third-order valence-corrected chi connectivity index (χ3v) is 3.43. The molecule has 0 aromatic heterocycles. The van der Waals surface area contributed by atoms with E-state index in [1.54, 1.807) is 0 Å². The second-order valence-electron chi connectivity index (χ2n) is 5.01. The molecule has 2 heteroatoms. The Labute approximate surface area is 95.4 Å². The predicted octanol–water partition coefficient (Wildman–Crippen LogP) is 2.64. The van der Waals surface area contributed by atoms with E-state index < -0.39 is 0 Å². The zero-order chi connectivity index (χ0) is 11.3. The van der Waals surface area contributed by atoms with E-state index >= 15 is 0 Å². The van der Waals surface area contributed by atoms with Gasteiger partial charge in [0.25, 0.3) is 0 Å². The number of rotatable bonds is 8. The van der Waals surface area contributed by atoms with E-state index in [2.05, 4.69) is 37.9 Å². The van der Waals surface area contributed by atoms with Crippen LogP contribution in [0.15, 0.2) is 0 Å². The molecule has 0 aromatic rings. The summed E-state index contributed by atoms with van der Waals surface area (Å²) < 4.78 is 0. The highest BCUT2D eigenvalue weighted by molar-refractivity contribution is 4.87. The van der Waals surface area contributed by atoms with Crippen LogP contribution in [0.3, 0.4) is 0 Å². The van der Waals surface area contributed by atoms with Crippen LogP contribution in [-0.4, -0.2) is 36.1 Å². The van der Waals surface area contributed by atoms with Crippen LogP contribution in [-0.2, 0) is 0 Å². The topological polar surface area (TPSA) is 15.3 Å². The van der Waals surface area contributed by atoms with Crippen molar-refractivity contribution in [1.29, 1.82) is 0 Å². The summed E-state index contributed by atoms with van der Waals surface area (Å²) in [6.45, 7) is 11.5. The van der Waals surface area contributed by atoms with E-state index in [1.807, 2.05) is 0 Å². The maximum Gasteiger partial charge on any atom is 0.0195 e. The van der Waals surface area contributed by atoms with Crippen molar-refractivity contribution < 1.29 is 0 Å². The molecule has 0 spiro atoms. The van der Waals surface area contributed by atoms with Gasteiger partial charge in [0.15, 0.2) is 0 Å². The Kier molecular flexibility index (Phi) is 5.62. The molecule has 0 aromatic carbocycles. The zero-order valence-electron chi connectivity index (χ0n) is 10.9. The molecule has 90 valence electrons. The van der Waals surface area contributed by atoms with Crippen molar-refractivity contribution in [3.05, 3.63) is 0 Å². The first-order chi connectivity index (χ1) is 7.19.